The summed E-state index contributed by atoms with van der Waals surface area (Å²) in [6.07, 6.45) is 6.80. The Balaban J connectivity index is 1.62. The van der Waals surface area contributed by atoms with Gasteiger partial charge in [0.2, 0.25) is 5.91 Å². The number of methoxy groups -OCH3 is 1. The molecule has 0 unspecified atom stereocenters. The summed E-state index contributed by atoms with van der Waals surface area (Å²) in [5.74, 6) is 0.0875. The van der Waals surface area contributed by atoms with Crippen molar-refractivity contribution in [3.05, 3.63) is 18.2 Å². The van der Waals surface area contributed by atoms with Gasteiger partial charge in [-0.25, -0.2) is 9.78 Å². The van der Waals surface area contributed by atoms with Crippen LogP contribution in [0, 0.1) is 5.41 Å². The van der Waals surface area contributed by atoms with Crippen molar-refractivity contribution in [2.45, 2.75) is 45.1 Å². The van der Waals surface area contributed by atoms with Crippen molar-refractivity contribution in [2.75, 3.05) is 53.0 Å². The number of hydrogen-bond acceptors (Lipinski definition) is 4. The highest BCUT2D eigenvalue weighted by Crippen LogP contribution is 2.49. The normalized spacial score (nSPS) is 27.2. The minimum absolute atomic E-state index is 0.0610. The molecule has 0 aliphatic carbocycles. The van der Waals surface area contributed by atoms with Gasteiger partial charge in [0.05, 0.1) is 24.0 Å². The molecule has 3 fully saturated rings. The minimum atomic E-state index is -0.570. The molecule has 1 spiro atoms. The largest absolute Gasteiger partial charge is 0.383 e. The third-order valence-electron chi connectivity index (χ3n) is 6.87. The third kappa shape index (κ3) is 3.52. The number of amides is 3. The molecule has 3 saturated heterocycles. The number of hydrogen-bond donors (Lipinski definition) is 0. The lowest BCUT2D eigenvalue weighted by atomic mass is 9.75. The average Bonchev–Trinajstić information content (AvgIpc) is 3.49. The van der Waals surface area contributed by atoms with Gasteiger partial charge in [-0.1, -0.05) is 0 Å². The van der Waals surface area contributed by atoms with Crippen molar-refractivity contribution in [3.8, 4) is 0 Å². The van der Waals surface area contributed by atoms with Crippen LogP contribution in [0.3, 0.4) is 0 Å². The van der Waals surface area contributed by atoms with E-state index in [0.29, 0.717) is 32.3 Å². The third-order valence-corrected chi connectivity index (χ3v) is 6.87. The number of nitrogens with zero attached hydrogens (tertiary/aromatic N) is 5. The van der Waals surface area contributed by atoms with Gasteiger partial charge in [0.25, 0.3) is 0 Å². The van der Waals surface area contributed by atoms with Crippen LogP contribution in [0.5, 0.6) is 0 Å². The molecule has 8 nitrogen and oxygen atoms in total. The van der Waals surface area contributed by atoms with E-state index in [0.717, 1.165) is 44.6 Å². The number of rotatable bonds is 5. The average molecular weight is 404 g/mol. The Hall–Kier alpha value is -2.09. The van der Waals surface area contributed by atoms with E-state index < -0.39 is 5.41 Å². The van der Waals surface area contributed by atoms with Gasteiger partial charge >= 0.3 is 6.03 Å². The highest BCUT2D eigenvalue weighted by Gasteiger charge is 2.59. The van der Waals surface area contributed by atoms with Crippen LogP contribution in [0.4, 0.5) is 4.79 Å². The zero-order valence-corrected chi connectivity index (χ0v) is 17.8. The van der Waals surface area contributed by atoms with Crippen molar-refractivity contribution in [2.24, 2.45) is 5.41 Å². The van der Waals surface area contributed by atoms with Gasteiger partial charge in [0, 0.05) is 64.5 Å². The van der Waals surface area contributed by atoms with Crippen LogP contribution in [0.15, 0.2) is 12.5 Å². The summed E-state index contributed by atoms with van der Waals surface area (Å²) < 4.78 is 7.27. The standard InChI is InChI=1S/C21H33N5O3/c1-16(2)26-13-18(22-15-26)17-12-25(20(28)24-7-4-5-8-24)14-21(17)6-9-23(19(21)27)10-11-29-3/h13,15-17H,4-12,14H2,1-3H3/t17-,21-/m1/s1. The maximum atomic E-state index is 13.5. The predicted octanol–water partition coefficient (Wildman–Crippen LogP) is 1.94. The molecule has 160 valence electrons. The van der Waals surface area contributed by atoms with Gasteiger partial charge in [-0.3, -0.25) is 4.79 Å². The second kappa shape index (κ2) is 7.97. The molecule has 4 heterocycles. The van der Waals surface area contributed by atoms with Gasteiger partial charge < -0.3 is 24.0 Å². The van der Waals surface area contributed by atoms with Gasteiger partial charge in [0.15, 0.2) is 0 Å². The maximum absolute atomic E-state index is 13.5. The van der Waals surface area contributed by atoms with Crippen molar-refractivity contribution in [3.63, 3.8) is 0 Å². The lowest BCUT2D eigenvalue weighted by molar-refractivity contribution is -0.136. The summed E-state index contributed by atoms with van der Waals surface area (Å²) in [7, 11) is 1.66. The molecule has 4 rings (SSSR count). The Labute approximate surface area is 172 Å². The van der Waals surface area contributed by atoms with Crippen LogP contribution in [0.1, 0.15) is 50.8 Å². The Kier molecular flexibility index (Phi) is 5.55. The lowest BCUT2D eigenvalue weighted by Gasteiger charge is -2.28. The Morgan fingerprint density at radius 1 is 1.28 bits per heavy atom. The Morgan fingerprint density at radius 2 is 2.03 bits per heavy atom. The monoisotopic (exact) mass is 403 g/mol. The van der Waals surface area contributed by atoms with Crippen LogP contribution >= 0.6 is 0 Å². The summed E-state index contributed by atoms with van der Waals surface area (Å²) in [5.41, 5.74) is 0.358. The first-order chi connectivity index (χ1) is 14.0. The Morgan fingerprint density at radius 3 is 2.69 bits per heavy atom. The molecule has 1 aromatic heterocycles. The number of urea groups is 1. The zero-order valence-electron chi connectivity index (χ0n) is 17.8. The zero-order chi connectivity index (χ0) is 20.6. The summed E-state index contributed by atoms with van der Waals surface area (Å²) in [6, 6.07) is 0.393. The van der Waals surface area contributed by atoms with E-state index in [1.165, 1.54) is 0 Å². The van der Waals surface area contributed by atoms with Crippen molar-refractivity contribution >= 4 is 11.9 Å². The SMILES string of the molecule is COCCN1CC[C@]2(CN(C(=O)N3CCCC3)C[C@@H]2c2cn(C(C)C)cn2)C1=O. The van der Waals surface area contributed by atoms with E-state index in [1.54, 1.807) is 7.11 Å². The highest BCUT2D eigenvalue weighted by atomic mass is 16.5. The van der Waals surface area contributed by atoms with E-state index in [-0.39, 0.29) is 17.9 Å². The molecule has 0 aromatic carbocycles. The summed E-state index contributed by atoms with van der Waals surface area (Å²) >= 11 is 0. The van der Waals surface area contributed by atoms with Gasteiger partial charge in [-0.15, -0.1) is 0 Å². The van der Waals surface area contributed by atoms with E-state index >= 15 is 0 Å². The first kappa shape index (κ1) is 20.2. The molecular formula is C21H33N5O3. The first-order valence-corrected chi connectivity index (χ1v) is 10.8. The minimum Gasteiger partial charge on any atom is -0.383 e. The van der Waals surface area contributed by atoms with Crippen LogP contribution in [0.25, 0.3) is 0 Å². The fraction of sp³-hybridized carbons (Fsp3) is 0.762. The van der Waals surface area contributed by atoms with Gasteiger partial charge in [-0.2, -0.15) is 0 Å². The summed E-state index contributed by atoms with van der Waals surface area (Å²) in [5, 5.41) is 0. The predicted molar refractivity (Wildman–Crippen MR) is 109 cm³/mol. The van der Waals surface area contributed by atoms with E-state index in [1.807, 2.05) is 21.0 Å². The molecule has 2 atom stereocenters. The van der Waals surface area contributed by atoms with E-state index in [2.05, 4.69) is 29.6 Å². The van der Waals surface area contributed by atoms with Crippen molar-refractivity contribution in [1.29, 1.82) is 0 Å². The fourth-order valence-electron chi connectivity index (χ4n) is 5.10. The number of carbonyl (C=O) groups is 2. The molecule has 8 heteroatoms. The number of aromatic nitrogens is 2. The topological polar surface area (TPSA) is 70.9 Å². The van der Waals surface area contributed by atoms with E-state index in [9.17, 15) is 9.59 Å². The number of carbonyl (C=O) groups excluding carboxylic acids is 2. The second-order valence-electron chi connectivity index (χ2n) is 8.94. The van der Waals surface area contributed by atoms with Crippen LogP contribution in [-0.2, 0) is 9.53 Å². The molecule has 0 bridgehead atoms. The molecule has 1 aromatic rings. The maximum Gasteiger partial charge on any atom is 0.320 e. The van der Waals surface area contributed by atoms with Crippen LogP contribution < -0.4 is 0 Å². The van der Waals surface area contributed by atoms with Crippen LogP contribution in [-0.4, -0.2) is 89.2 Å². The van der Waals surface area contributed by atoms with Crippen LogP contribution in [0.2, 0.25) is 0 Å². The summed E-state index contributed by atoms with van der Waals surface area (Å²) in [6.45, 7) is 8.78. The molecule has 0 radical (unpaired) electrons. The molecule has 3 amide bonds. The number of likely N-dealkylation sites (tertiary alicyclic amines) is 3. The molecular weight excluding hydrogens is 370 g/mol. The molecule has 29 heavy (non-hydrogen) atoms. The smallest absolute Gasteiger partial charge is 0.320 e. The Bertz CT molecular complexity index is 757. The van der Waals surface area contributed by atoms with Crippen molar-refractivity contribution in [1.82, 2.24) is 24.3 Å². The molecule has 0 saturated carbocycles. The number of ether oxygens (including phenoxy) is 1. The van der Waals surface area contributed by atoms with E-state index in [4.69, 9.17) is 4.74 Å². The molecule has 3 aliphatic heterocycles. The quantitative estimate of drug-likeness (QED) is 0.753. The first-order valence-electron chi connectivity index (χ1n) is 10.8. The van der Waals surface area contributed by atoms with Gasteiger partial charge in [-0.05, 0) is 33.1 Å². The van der Waals surface area contributed by atoms with Gasteiger partial charge in [0.1, 0.15) is 0 Å². The fourth-order valence-corrected chi connectivity index (χ4v) is 5.10. The second-order valence-corrected chi connectivity index (χ2v) is 8.94. The lowest BCUT2D eigenvalue weighted by Crippen LogP contribution is -2.44. The van der Waals surface area contributed by atoms with Crippen molar-refractivity contribution < 1.29 is 14.3 Å². The highest BCUT2D eigenvalue weighted by molar-refractivity contribution is 5.88. The molecule has 0 N–H and O–H groups in total. The molecule has 3 aliphatic rings. The number of imidazole rings is 1. The summed E-state index contributed by atoms with van der Waals surface area (Å²) in [4.78, 5) is 37.1.